The van der Waals surface area contributed by atoms with Crippen LogP contribution in [0, 0.1) is 5.41 Å². The van der Waals surface area contributed by atoms with Crippen molar-refractivity contribution in [1.29, 1.82) is 0 Å². The van der Waals surface area contributed by atoms with Crippen LogP contribution in [0.4, 0.5) is 35.1 Å². The first-order valence-electron chi connectivity index (χ1n) is 13.9. The summed E-state index contributed by atoms with van der Waals surface area (Å²) in [4.78, 5) is 38.6. The van der Waals surface area contributed by atoms with Crippen molar-refractivity contribution in [2.75, 3.05) is 6.61 Å². The Bertz CT molecular complexity index is 1610. The Labute approximate surface area is 269 Å². The zero-order chi connectivity index (χ0) is 35.2. The summed E-state index contributed by atoms with van der Waals surface area (Å²) < 4.78 is 113. The number of nitrogens with one attached hydrogen (secondary N) is 1. The number of rotatable bonds is 14. The van der Waals surface area contributed by atoms with Crippen molar-refractivity contribution >= 4 is 29.1 Å². The fourth-order valence-corrected chi connectivity index (χ4v) is 4.46. The number of ether oxygens (including phenoxy) is 2. The number of carbonyl (C=O) groups is 3. The molecule has 0 spiro atoms. The second-order valence-electron chi connectivity index (χ2n) is 10.8. The Morgan fingerprint density at radius 3 is 2.13 bits per heavy atom. The summed E-state index contributed by atoms with van der Waals surface area (Å²) in [6, 6.07) is 12.9. The number of alkyl halides is 8. The number of ketones is 2. The molecule has 0 heterocycles. The molecule has 0 radical (unpaired) electrons. The first kappa shape index (κ1) is 37.3. The molecule has 0 unspecified atom stereocenters. The monoisotopic (exact) mass is 693 g/mol. The lowest BCUT2D eigenvalue weighted by molar-refractivity contribution is -0.274. The van der Waals surface area contributed by atoms with Crippen LogP contribution in [-0.2, 0) is 24.2 Å². The van der Waals surface area contributed by atoms with Gasteiger partial charge in [0, 0.05) is 30.5 Å². The summed E-state index contributed by atoms with van der Waals surface area (Å²) >= 11 is 6.21. The summed E-state index contributed by atoms with van der Waals surface area (Å²) in [6.07, 6.45) is -13.6. The summed E-state index contributed by atoms with van der Waals surface area (Å²) in [5.41, 5.74) is -2.35. The smallest absolute Gasteiger partial charge is 0.487 e. The molecule has 6 nitrogen and oxygen atoms in total. The molecule has 3 aromatic carbocycles. The van der Waals surface area contributed by atoms with Gasteiger partial charge in [0.15, 0.2) is 5.78 Å². The zero-order valence-corrected chi connectivity index (χ0v) is 25.6. The summed E-state index contributed by atoms with van der Waals surface area (Å²) in [6.45, 7) is 0.0387. The third-order valence-corrected chi connectivity index (χ3v) is 7.36. The van der Waals surface area contributed by atoms with E-state index in [0.717, 1.165) is 19.9 Å². The molecular weight excluding hydrogens is 666 g/mol. The van der Waals surface area contributed by atoms with Crippen molar-refractivity contribution in [3.05, 3.63) is 93.5 Å². The molecule has 15 heteroatoms. The van der Waals surface area contributed by atoms with Crippen molar-refractivity contribution in [3.63, 3.8) is 0 Å². The zero-order valence-electron chi connectivity index (χ0n) is 24.8. The molecule has 0 atom stereocenters. The van der Waals surface area contributed by atoms with Gasteiger partial charge in [0.2, 0.25) is 0 Å². The van der Waals surface area contributed by atoms with Crippen LogP contribution in [0.15, 0.2) is 60.7 Å². The third-order valence-electron chi connectivity index (χ3n) is 7.03. The third kappa shape index (κ3) is 10.4. The number of hydrogen-bond acceptors (Lipinski definition) is 5. The van der Waals surface area contributed by atoms with E-state index in [4.69, 9.17) is 16.3 Å². The van der Waals surface area contributed by atoms with Gasteiger partial charge in [-0.2, -0.15) is 13.2 Å². The van der Waals surface area contributed by atoms with Crippen molar-refractivity contribution in [3.8, 4) is 11.5 Å². The van der Waals surface area contributed by atoms with Crippen LogP contribution in [0.1, 0.15) is 57.7 Å². The van der Waals surface area contributed by atoms with Gasteiger partial charge in [-0.1, -0.05) is 41.9 Å². The summed E-state index contributed by atoms with van der Waals surface area (Å²) in [5, 5.41) is 2.39. The Morgan fingerprint density at radius 1 is 0.851 bits per heavy atom. The molecule has 1 amide bonds. The van der Waals surface area contributed by atoms with Crippen LogP contribution < -0.4 is 14.8 Å². The highest BCUT2D eigenvalue weighted by Gasteiger charge is 2.51. The van der Waals surface area contributed by atoms with E-state index >= 15 is 0 Å². The van der Waals surface area contributed by atoms with Gasteiger partial charge in [0.25, 0.3) is 12.3 Å². The Hall–Kier alpha value is -4.20. The molecule has 0 aromatic heterocycles. The van der Waals surface area contributed by atoms with E-state index in [1.807, 2.05) is 0 Å². The molecule has 3 aromatic rings. The fourth-order valence-electron chi connectivity index (χ4n) is 4.24. The second kappa shape index (κ2) is 15.1. The van der Waals surface area contributed by atoms with E-state index in [-0.39, 0.29) is 45.9 Å². The minimum atomic E-state index is -5.00. The standard InChI is InChI=1S/C32H28ClF8NO5/c1-30(2,31(36,37)38)27(44)12-9-18-7-10-23(33)21(13-18)24(43)15-19-8-11-26(46-17-28(34)35)22(14-19)29(45)42-16-20-5-3-4-6-25(20)47-32(39,40)41/h3-8,10-11,13-14,28H,9,12,15-17H2,1-2H3,(H,42,45). The summed E-state index contributed by atoms with van der Waals surface area (Å²) in [7, 11) is 0. The largest absolute Gasteiger partial charge is 0.573 e. The average Bonchev–Trinajstić information content (AvgIpc) is 2.97. The number of para-hydroxylation sites is 1. The van der Waals surface area contributed by atoms with Crippen LogP contribution in [0.5, 0.6) is 11.5 Å². The maximum absolute atomic E-state index is 13.2. The molecule has 47 heavy (non-hydrogen) atoms. The van der Waals surface area contributed by atoms with Gasteiger partial charge in [-0.05, 0) is 61.7 Å². The molecule has 0 aliphatic heterocycles. The number of aryl methyl sites for hydroxylation is 1. The molecule has 0 saturated carbocycles. The normalized spacial score (nSPS) is 12.2. The van der Waals surface area contributed by atoms with Crippen molar-refractivity contribution in [2.24, 2.45) is 5.41 Å². The van der Waals surface area contributed by atoms with Gasteiger partial charge in [0.05, 0.1) is 10.6 Å². The van der Waals surface area contributed by atoms with Crippen molar-refractivity contribution in [2.45, 2.75) is 58.6 Å². The number of hydrogen-bond donors (Lipinski definition) is 1. The minimum Gasteiger partial charge on any atom is -0.487 e. The van der Waals surface area contributed by atoms with E-state index in [9.17, 15) is 49.5 Å². The average molecular weight is 694 g/mol. The number of halogens is 9. The molecule has 0 bridgehead atoms. The Balaban J connectivity index is 1.81. The highest BCUT2D eigenvalue weighted by molar-refractivity contribution is 6.34. The molecule has 0 fully saturated rings. The number of Topliss-reactive ketones (excluding diaryl/α,β-unsaturated/α-hetero) is 2. The first-order chi connectivity index (χ1) is 21.8. The fraction of sp³-hybridized carbons (Fsp3) is 0.344. The highest BCUT2D eigenvalue weighted by Crippen LogP contribution is 2.39. The lowest BCUT2D eigenvalue weighted by Crippen LogP contribution is -2.39. The number of benzene rings is 3. The number of carbonyl (C=O) groups excluding carboxylic acids is 3. The maximum Gasteiger partial charge on any atom is 0.573 e. The van der Waals surface area contributed by atoms with E-state index in [1.165, 1.54) is 54.6 Å². The first-order valence-corrected chi connectivity index (χ1v) is 14.2. The van der Waals surface area contributed by atoms with Gasteiger partial charge >= 0.3 is 12.5 Å². The van der Waals surface area contributed by atoms with Crippen LogP contribution in [0.2, 0.25) is 5.02 Å². The predicted octanol–water partition coefficient (Wildman–Crippen LogP) is 8.33. The molecule has 0 aliphatic rings. The molecule has 3 rings (SSSR count). The summed E-state index contributed by atoms with van der Waals surface area (Å²) in [5.74, 6) is -3.39. The van der Waals surface area contributed by atoms with Gasteiger partial charge in [-0.3, -0.25) is 14.4 Å². The molecule has 0 saturated heterocycles. The van der Waals surface area contributed by atoms with Gasteiger partial charge in [0.1, 0.15) is 29.3 Å². The van der Waals surface area contributed by atoms with Crippen LogP contribution in [0.3, 0.4) is 0 Å². The number of amides is 1. The Morgan fingerprint density at radius 2 is 1.49 bits per heavy atom. The van der Waals surface area contributed by atoms with Gasteiger partial charge in [-0.25, -0.2) is 8.78 Å². The predicted molar refractivity (Wildman–Crippen MR) is 155 cm³/mol. The van der Waals surface area contributed by atoms with Crippen LogP contribution in [-0.4, -0.2) is 43.0 Å². The SMILES string of the molecule is CC(C)(C(=O)CCc1ccc(Cl)c(C(=O)Cc2ccc(OCC(F)F)c(C(=O)NCc3ccccc3OC(F)(F)F)c2)c1)C(F)(F)F. The van der Waals surface area contributed by atoms with Crippen molar-refractivity contribution < 1.29 is 59.0 Å². The van der Waals surface area contributed by atoms with Gasteiger partial charge in [-0.15, -0.1) is 13.2 Å². The van der Waals surface area contributed by atoms with Crippen LogP contribution in [0.25, 0.3) is 0 Å². The Kier molecular flexibility index (Phi) is 12.0. The van der Waals surface area contributed by atoms with E-state index in [0.29, 0.717) is 5.56 Å². The van der Waals surface area contributed by atoms with Gasteiger partial charge < -0.3 is 14.8 Å². The molecule has 1 N–H and O–H groups in total. The topological polar surface area (TPSA) is 81.7 Å². The van der Waals surface area contributed by atoms with Crippen molar-refractivity contribution in [1.82, 2.24) is 5.32 Å². The van der Waals surface area contributed by atoms with E-state index in [1.54, 1.807) is 0 Å². The molecule has 254 valence electrons. The lowest BCUT2D eigenvalue weighted by atomic mass is 9.84. The van der Waals surface area contributed by atoms with E-state index in [2.05, 4.69) is 10.1 Å². The lowest BCUT2D eigenvalue weighted by Gasteiger charge is -2.26. The van der Waals surface area contributed by atoms with Crippen LogP contribution >= 0.6 is 11.6 Å². The van der Waals surface area contributed by atoms with E-state index < -0.39 is 67.2 Å². The molecular formula is C32H28ClF8NO5. The maximum atomic E-state index is 13.2. The minimum absolute atomic E-state index is 0.00953. The highest BCUT2D eigenvalue weighted by atomic mass is 35.5. The quantitative estimate of drug-likeness (QED) is 0.136. The molecule has 0 aliphatic carbocycles. The second-order valence-corrected chi connectivity index (χ2v) is 11.2.